The van der Waals surface area contributed by atoms with E-state index in [0.29, 0.717) is 16.7 Å². The molecule has 0 bridgehead atoms. The molecule has 1 aromatic carbocycles. The van der Waals surface area contributed by atoms with E-state index >= 15 is 0 Å². The molecule has 0 unspecified atom stereocenters. The highest BCUT2D eigenvalue weighted by molar-refractivity contribution is 8.00. The molecule has 0 spiro atoms. The first-order valence-corrected chi connectivity index (χ1v) is 7.65. The summed E-state index contributed by atoms with van der Waals surface area (Å²) in [6.45, 7) is 3.59. The lowest BCUT2D eigenvalue weighted by molar-refractivity contribution is -0.113. The molecule has 2 rings (SSSR count). The highest BCUT2D eigenvalue weighted by Crippen LogP contribution is 2.24. The lowest BCUT2D eigenvalue weighted by atomic mass is 10.1. The molecule has 118 valence electrons. The molecule has 1 amide bonds. The topological polar surface area (TPSA) is 65.8 Å². The van der Waals surface area contributed by atoms with Gasteiger partial charge in [-0.3, -0.25) is 4.79 Å². The van der Waals surface area contributed by atoms with Gasteiger partial charge in [-0.2, -0.15) is 5.26 Å². The van der Waals surface area contributed by atoms with Crippen molar-refractivity contribution in [3.63, 3.8) is 0 Å². The number of thioether (sulfide) groups is 1. The van der Waals surface area contributed by atoms with Gasteiger partial charge in [-0.25, -0.2) is 13.8 Å². The van der Waals surface area contributed by atoms with Crippen molar-refractivity contribution in [3.8, 4) is 6.07 Å². The van der Waals surface area contributed by atoms with Crippen LogP contribution in [-0.4, -0.2) is 16.6 Å². The maximum Gasteiger partial charge on any atom is 0.234 e. The van der Waals surface area contributed by atoms with Crippen LogP contribution in [0.2, 0.25) is 0 Å². The summed E-state index contributed by atoms with van der Waals surface area (Å²) >= 11 is 1.09. The van der Waals surface area contributed by atoms with Crippen molar-refractivity contribution < 1.29 is 13.6 Å². The third kappa shape index (κ3) is 4.27. The summed E-state index contributed by atoms with van der Waals surface area (Å²) < 4.78 is 26.3. The molecule has 0 aliphatic heterocycles. The van der Waals surface area contributed by atoms with Crippen molar-refractivity contribution in [2.75, 3.05) is 11.1 Å². The van der Waals surface area contributed by atoms with Crippen LogP contribution in [0.4, 0.5) is 14.5 Å². The number of aryl methyl sites for hydroxylation is 2. The number of anilines is 1. The first kappa shape index (κ1) is 16.9. The Hall–Kier alpha value is -2.46. The number of nitrogens with one attached hydrogen (secondary N) is 1. The summed E-state index contributed by atoms with van der Waals surface area (Å²) in [4.78, 5) is 16.1. The fourth-order valence-electron chi connectivity index (χ4n) is 1.95. The summed E-state index contributed by atoms with van der Waals surface area (Å²) in [7, 11) is 0. The number of aromatic nitrogens is 1. The first-order valence-electron chi connectivity index (χ1n) is 6.66. The van der Waals surface area contributed by atoms with Crippen LogP contribution in [0, 0.1) is 36.8 Å². The zero-order valence-corrected chi connectivity index (χ0v) is 13.3. The minimum absolute atomic E-state index is 0.0403. The molecule has 1 N–H and O–H groups in total. The minimum Gasteiger partial charge on any atom is -0.323 e. The molecule has 4 nitrogen and oxygen atoms in total. The molecule has 1 heterocycles. The maximum atomic E-state index is 13.5. The Morgan fingerprint density at radius 3 is 2.74 bits per heavy atom. The quantitative estimate of drug-likeness (QED) is 0.869. The number of nitriles is 1. The highest BCUT2D eigenvalue weighted by Gasteiger charge is 2.13. The second-order valence-corrected chi connectivity index (χ2v) is 5.80. The molecule has 1 aromatic heterocycles. The average molecular weight is 333 g/mol. The van der Waals surface area contributed by atoms with Crippen LogP contribution in [0.1, 0.15) is 16.8 Å². The van der Waals surface area contributed by atoms with Gasteiger partial charge >= 0.3 is 0 Å². The van der Waals surface area contributed by atoms with Crippen molar-refractivity contribution >= 4 is 23.4 Å². The molecule has 0 saturated carbocycles. The molecule has 0 aliphatic carbocycles. The molecule has 0 atom stereocenters. The van der Waals surface area contributed by atoms with Gasteiger partial charge in [0, 0.05) is 11.8 Å². The van der Waals surface area contributed by atoms with Crippen LogP contribution < -0.4 is 5.32 Å². The van der Waals surface area contributed by atoms with Gasteiger partial charge in [0.2, 0.25) is 5.91 Å². The number of rotatable bonds is 4. The Balaban J connectivity index is 2.07. The van der Waals surface area contributed by atoms with Crippen molar-refractivity contribution in [1.29, 1.82) is 5.26 Å². The molecule has 23 heavy (non-hydrogen) atoms. The number of nitrogens with zero attached hydrogens (tertiary/aromatic N) is 2. The molecule has 0 aliphatic rings. The maximum absolute atomic E-state index is 13.5. The van der Waals surface area contributed by atoms with Gasteiger partial charge < -0.3 is 5.32 Å². The fourth-order valence-corrected chi connectivity index (χ4v) is 2.85. The normalized spacial score (nSPS) is 10.2. The van der Waals surface area contributed by atoms with Crippen molar-refractivity contribution in [3.05, 3.63) is 52.7 Å². The molecule has 2 aromatic rings. The smallest absolute Gasteiger partial charge is 0.234 e. The van der Waals surface area contributed by atoms with Crippen LogP contribution in [0.25, 0.3) is 0 Å². The number of hydrogen-bond acceptors (Lipinski definition) is 4. The number of carbonyl (C=O) groups is 1. The van der Waals surface area contributed by atoms with Gasteiger partial charge in [0.15, 0.2) is 0 Å². The summed E-state index contributed by atoms with van der Waals surface area (Å²) in [5.74, 6) is -2.06. The number of halogens is 2. The fraction of sp³-hybridized carbons (Fsp3) is 0.188. The predicted molar refractivity (Wildman–Crippen MR) is 84.1 cm³/mol. The van der Waals surface area contributed by atoms with Gasteiger partial charge in [-0.05, 0) is 37.6 Å². The Bertz CT molecular complexity index is 803. The largest absolute Gasteiger partial charge is 0.323 e. The Kier molecular flexibility index (Phi) is 5.29. The van der Waals surface area contributed by atoms with Crippen molar-refractivity contribution in [1.82, 2.24) is 4.98 Å². The zero-order chi connectivity index (χ0) is 17.0. The third-order valence-corrected chi connectivity index (χ3v) is 3.94. The van der Waals surface area contributed by atoms with E-state index in [1.165, 1.54) is 0 Å². The van der Waals surface area contributed by atoms with Gasteiger partial charge in [0.05, 0.1) is 17.0 Å². The van der Waals surface area contributed by atoms with E-state index in [-0.39, 0.29) is 11.4 Å². The van der Waals surface area contributed by atoms with Gasteiger partial charge in [0.25, 0.3) is 0 Å². The van der Waals surface area contributed by atoms with Crippen molar-refractivity contribution in [2.45, 2.75) is 18.9 Å². The molecule has 0 saturated heterocycles. The van der Waals surface area contributed by atoms with E-state index in [4.69, 9.17) is 5.26 Å². The van der Waals surface area contributed by atoms with E-state index in [9.17, 15) is 13.6 Å². The Morgan fingerprint density at radius 1 is 1.35 bits per heavy atom. The predicted octanol–water partition coefficient (Wildman–Crippen LogP) is 3.58. The monoisotopic (exact) mass is 333 g/mol. The minimum atomic E-state index is -0.842. The third-order valence-electron chi connectivity index (χ3n) is 2.97. The van der Waals surface area contributed by atoms with Crippen LogP contribution >= 0.6 is 11.8 Å². The SMILES string of the molecule is Cc1cc(C)c(C#N)c(SCC(=O)Nc2ccc(F)cc2F)n1. The lowest BCUT2D eigenvalue weighted by Gasteiger charge is -2.08. The number of benzene rings is 1. The molecular weight excluding hydrogens is 320 g/mol. The second kappa shape index (κ2) is 7.20. The van der Waals surface area contributed by atoms with Crippen LogP contribution in [0.15, 0.2) is 29.3 Å². The molecule has 7 heteroatoms. The number of amides is 1. The van der Waals surface area contributed by atoms with E-state index in [2.05, 4.69) is 16.4 Å². The summed E-state index contributed by atoms with van der Waals surface area (Å²) in [6, 6.07) is 6.76. The van der Waals surface area contributed by atoms with E-state index in [1.54, 1.807) is 19.9 Å². The number of carbonyl (C=O) groups excluding carboxylic acids is 1. The molecule has 0 radical (unpaired) electrons. The molecule has 0 fully saturated rings. The van der Waals surface area contributed by atoms with Crippen molar-refractivity contribution in [2.24, 2.45) is 0 Å². The van der Waals surface area contributed by atoms with Crippen LogP contribution in [-0.2, 0) is 4.79 Å². The standard InChI is InChI=1S/C16H13F2N3OS/c1-9-5-10(2)20-16(12(9)7-19)23-8-15(22)21-14-4-3-11(17)6-13(14)18/h3-6H,8H2,1-2H3,(H,21,22). The first-order chi connectivity index (χ1) is 10.9. The summed E-state index contributed by atoms with van der Waals surface area (Å²) in [5, 5.41) is 12.0. The summed E-state index contributed by atoms with van der Waals surface area (Å²) in [6.07, 6.45) is 0. The van der Waals surface area contributed by atoms with Crippen LogP contribution in [0.5, 0.6) is 0 Å². The Morgan fingerprint density at radius 2 is 2.09 bits per heavy atom. The van der Waals surface area contributed by atoms with Gasteiger partial charge in [0.1, 0.15) is 22.7 Å². The van der Waals surface area contributed by atoms with Gasteiger partial charge in [-0.15, -0.1) is 0 Å². The van der Waals surface area contributed by atoms with Crippen LogP contribution in [0.3, 0.4) is 0 Å². The van der Waals surface area contributed by atoms with E-state index in [1.807, 2.05) is 0 Å². The lowest BCUT2D eigenvalue weighted by Crippen LogP contribution is -2.15. The molecular formula is C16H13F2N3OS. The Labute approximate surface area is 136 Å². The number of pyridine rings is 1. The zero-order valence-electron chi connectivity index (χ0n) is 12.5. The van der Waals surface area contributed by atoms with E-state index in [0.717, 1.165) is 35.2 Å². The number of hydrogen-bond donors (Lipinski definition) is 1. The second-order valence-electron chi connectivity index (χ2n) is 4.83. The van der Waals surface area contributed by atoms with Gasteiger partial charge in [-0.1, -0.05) is 11.8 Å². The summed E-state index contributed by atoms with van der Waals surface area (Å²) in [5.41, 5.74) is 1.86. The highest BCUT2D eigenvalue weighted by atomic mass is 32.2. The average Bonchev–Trinajstić information content (AvgIpc) is 2.47. The van der Waals surface area contributed by atoms with E-state index < -0.39 is 17.5 Å².